The molecule has 1 spiro atoms. The number of nitrogens with zero attached hydrogens (tertiary/aromatic N) is 2. The van der Waals surface area contributed by atoms with Crippen LogP contribution in [0.25, 0.3) is 10.9 Å². The van der Waals surface area contributed by atoms with E-state index in [1.807, 2.05) is 47.0 Å². The fourth-order valence-corrected chi connectivity index (χ4v) is 4.43. The van der Waals surface area contributed by atoms with Gasteiger partial charge in [0.1, 0.15) is 0 Å². The summed E-state index contributed by atoms with van der Waals surface area (Å²) in [5, 5.41) is 15.0. The van der Waals surface area contributed by atoms with Gasteiger partial charge in [-0.3, -0.25) is 4.79 Å². The molecule has 2 fully saturated rings. The Kier molecular flexibility index (Phi) is 5.09. The second kappa shape index (κ2) is 6.98. The predicted molar refractivity (Wildman–Crippen MR) is 101 cm³/mol. The number of carbonyl (C=O) groups excluding carboxylic acids is 1. The van der Waals surface area contributed by atoms with Gasteiger partial charge < -0.3 is 19.9 Å². The van der Waals surface area contributed by atoms with Crippen molar-refractivity contribution in [2.75, 3.05) is 26.2 Å². The summed E-state index contributed by atoms with van der Waals surface area (Å²) in [6.07, 6.45) is 4.33. The molecular formula is C19H26ClN3O2. The molecule has 0 aliphatic carbocycles. The number of likely N-dealkylation sites (tertiary alicyclic amines) is 1. The molecule has 2 aliphatic rings. The molecule has 2 N–H and O–H groups in total. The van der Waals surface area contributed by atoms with Gasteiger partial charge in [0, 0.05) is 49.2 Å². The number of carbonyl (C=O) groups is 1. The van der Waals surface area contributed by atoms with E-state index < -0.39 is 0 Å². The van der Waals surface area contributed by atoms with Crippen LogP contribution in [0.5, 0.6) is 0 Å². The summed E-state index contributed by atoms with van der Waals surface area (Å²) in [6, 6.07) is 8.03. The van der Waals surface area contributed by atoms with Crippen LogP contribution in [0.1, 0.15) is 29.6 Å². The van der Waals surface area contributed by atoms with Crippen molar-refractivity contribution in [3.63, 3.8) is 0 Å². The molecule has 2 atom stereocenters. The first-order valence-electron chi connectivity index (χ1n) is 8.83. The van der Waals surface area contributed by atoms with Crippen molar-refractivity contribution in [2.45, 2.75) is 25.4 Å². The Morgan fingerprint density at radius 1 is 1.36 bits per heavy atom. The highest BCUT2D eigenvalue weighted by atomic mass is 35.5. The number of amides is 1. The molecule has 25 heavy (non-hydrogen) atoms. The minimum atomic E-state index is -0.318. The minimum Gasteiger partial charge on any atom is -0.392 e. The highest BCUT2D eigenvalue weighted by Crippen LogP contribution is 2.37. The number of para-hydroxylation sites is 1. The zero-order valence-electron chi connectivity index (χ0n) is 14.6. The lowest BCUT2D eigenvalue weighted by Crippen LogP contribution is -2.58. The van der Waals surface area contributed by atoms with Crippen molar-refractivity contribution in [3.05, 3.63) is 36.0 Å². The van der Waals surface area contributed by atoms with Crippen molar-refractivity contribution in [1.82, 2.24) is 14.8 Å². The van der Waals surface area contributed by atoms with E-state index in [2.05, 4.69) is 5.32 Å². The first kappa shape index (κ1) is 18.2. The molecule has 0 saturated carbocycles. The van der Waals surface area contributed by atoms with Crippen LogP contribution in [-0.4, -0.2) is 52.8 Å². The predicted octanol–water partition coefficient (Wildman–Crippen LogP) is 2.18. The molecule has 1 aromatic heterocycles. The molecule has 1 aromatic carbocycles. The molecule has 0 radical (unpaired) electrons. The van der Waals surface area contributed by atoms with Gasteiger partial charge in [0.2, 0.25) is 0 Å². The third-order valence-corrected chi connectivity index (χ3v) is 5.80. The first-order valence-corrected chi connectivity index (χ1v) is 8.83. The van der Waals surface area contributed by atoms with Crippen LogP contribution in [-0.2, 0) is 7.05 Å². The monoisotopic (exact) mass is 363 g/mol. The number of piperidine rings is 2. The third-order valence-electron chi connectivity index (χ3n) is 5.80. The molecular weight excluding hydrogens is 338 g/mol. The Balaban J connectivity index is 0.00000182. The van der Waals surface area contributed by atoms with Gasteiger partial charge in [-0.15, -0.1) is 12.4 Å². The fourth-order valence-electron chi connectivity index (χ4n) is 4.43. The number of aromatic nitrogens is 1. The van der Waals surface area contributed by atoms with Crippen molar-refractivity contribution >= 4 is 29.2 Å². The van der Waals surface area contributed by atoms with E-state index in [4.69, 9.17) is 0 Å². The highest BCUT2D eigenvalue weighted by Gasteiger charge is 2.44. The van der Waals surface area contributed by atoms with E-state index in [1.54, 1.807) is 0 Å². The Bertz CT molecular complexity index is 771. The lowest BCUT2D eigenvalue weighted by atomic mass is 9.72. The average Bonchev–Trinajstić information content (AvgIpc) is 2.95. The van der Waals surface area contributed by atoms with Crippen LogP contribution >= 0.6 is 12.4 Å². The largest absolute Gasteiger partial charge is 0.392 e. The van der Waals surface area contributed by atoms with Crippen molar-refractivity contribution in [1.29, 1.82) is 0 Å². The fraction of sp³-hybridized carbons (Fsp3) is 0.526. The van der Waals surface area contributed by atoms with Gasteiger partial charge in [0.05, 0.1) is 11.7 Å². The first-order chi connectivity index (χ1) is 11.6. The zero-order chi connectivity index (χ0) is 16.7. The van der Waals surface area contributed by atoms with Gasteiger partial charge in [0.25, 0.3) is 5.91 Å². The lowest BCUT2D eigenvalue weighted by molar-refractivity contribution is -0.0432. The number of benzene rings is 1. The highest BCUT2D eigenvalue weighted by molar-refractivity contribution is 6.07. The topological polar surface area (TPSA) is 57.5 Å². The maximum atomic E-state index is 13.2. The van der Waals surface area contributed by atoms with E-state index in [9.17, 15) is 9.90 Å². The Morgan fingerprint density at radius 3 is 2.96 bits per heavy atom. The second-order valence-electron chi connectivity index (χ2n) is 7.34. The molecule has 6 heteroatoms. The Morgan fingerprint density at radius 2 is 2.16 bits per heavy atom. The number of hydrogen-bond donors (Lipinski definition) is 2. The summed E-state index contributed by atoms with van der Waals surface area (Å²) in [6.45, 7) is 3.08. The summed E-state index contributed by atoms with van der Waals surface area (Å²) >= 11 is 0. The summed E-state index contributed by atoms with van der Waals surface area (Å²) in [5.41, 5.74) is 1.66. The van der Waals surface area contributed by atoms with Crippen LogP contribution in [0.15, 0.2) is 30.5 Å². The third kappa shape index (κ3) is 3.05. The molecule has 2 saturated heterocycles. The normalized spacial score (nSPS) is 26.6. The maximum absolute atomic E-state index is 13.2. The maximum Gasteiger partial charge on any atom is 0.256 e. The zero-order valence-corrected chi connectivity index (χ0v) is 15.4. The Hall–Kier alpha value is -1.56. The van der Waals surface area contributed by atoms with E-state index in [0.717, 1.165) is 55.4 Å². The summed E-state index contributed by atoms with van der Waals surface area (Å²) in [4.78, 5) is 15.1. The molecule has 1 amide bonds. The van der Waals surface area contributed by atoms with Crippen LogP contribution < -0.4 is 5.32 Å². The summed E-state index contributed by atoms with van der Waals surface area (Å²) in [7, 11) is 1.98. The van der Waals surface area contributed by atoms with E-state index in [0.29, 0.717) is 6.54 Å². The molecule has 136 valence electrons. The van der Waals surface area contributed by atoms with E-state index >= 15 is 0 Å². The summed E-state index contributed by atoms with van der Waals surface area (Å²) in [5.74, 6) is 0.0867. The molecule has 2 aromatic rings. The number of aryl methyl sites for hydroxylation is 1. The number of rotatable bonds is 1. The minimum absolute atomic E-state index is 0. The van der Waals surface area contributed by atoms with E-state index in [1.165, 1.54) is 0 Å². The van der Waals surface area contributed by atoms with Crippen molar-refractivity contribution in [2.24, 2.45) is 12.5 Å². The van der Waals surface area contributed by atoms with Gasteiger partial charge in [0.15, 0.2) is 0 Å². The molecule has 0 unspecified atom stereocenters. The molecule has 3 heterocycles. The molecule has 0 bridgehead atoms. The summed E-state index contributed by atoms with van der Waals surface area (Å²) < 4.78 is 2.01. The Labute approximate surface area is 154 Å². The second-order valence-corrected chi connectivity index (χ2v) is 7.34. The SMILES string of the molecule is Cl.Cn1cc(C(=O)N2CCC[C@]3(CNCC[C@@H]3O)C2)c2ccccc21. The quantitative estimate of drug-likeness (QED) is 0.816. The van der Waals surface area contributed by atoms with Crippen LogP contribution in [0.3, 0.4) is 0 Å². The molecule has 2 aliphatic heterocycles. The van der Waals surface area contributed by atoms with Crippen LogP contribution in [0.4, 0.5) is 0 Å². The van der Waals surface area contributed by atoms with Gasteiger partial charge in [-0.05, 0) is 31.9 Å². The van der Waals surface area contributed by atoms with E-state index in [-0.39, 0.29) is 29.8 Å². The van der Waals surface area contributed by atoms with Crippen molar-refractivity contribution in [3.8, 4) is 0 Å². The van der Waals surface area contributed by atoms with Crippen LogP contribution in [0.2, 0.25) is 0 Å². The number of halogens is 1. The van der Waals surface area contributed by atoms with Gasteiger partial charge in [-0.1, -0.05) is 18.2 Å². The molecule has 4 rings (SSSR count). The number of aliphatic hydroxyl groups is 1. The standard InChI is InChI=1S/C19H25N3O2.ClH/c1-21-11-15(14-5-2-3-6-16(14)21)18(24)22-10-4-8-19(13-22)12-20-9-7-17(19)23;/h2-3,5-6,11,17,20,23H,4,7-10,12-13H2,1H3;1H/t17-,19-;/m0./s1. The van der Waals surface area contributed by atoms with Gasteiger partial charge >= 0.3 is 0 Å². The van der Waals surface area contributed by atoms with Crippen LogP contribution in [0, 0.1) is 5.41 Å². The van der Waals surface area contributed by atoms with Gasteiger partial charge in [-0.25, -0.2) is 0 Å². The number of fused-ring (bicyclic) bond motifs is 1. The number of aliphatic hydroxyl groups excluding tert-OH is 1. The van der Waals surface area contributed by atoms with Crippen molar-refractivity contribution < 1.29 is 9.90 Å². The number of hydrogen-bond acceptors (Lipinski definition) is 3. The lowest BCUT2D eigenvalue weighted by Gasteiger charge is -2.48. The van der Waals surface area contributed by atoms with Gasteiger partial charge in [-0.2, -0.15) is 0 Å². The average molecular weight is 364 g/mol. The smallest absolute Gasteiger partial charge is 0.256 e. The molecule has 5 nitrogen and oxygen atoms in total. The number of nitrogens with one attached hydrogen (secondary N) is 1.